The van der Waals surface area contributed by atoms with Crippen LogP contribution in [0.1, 0.15) is 44.9 Å². The van der Waals surface area contributed by atoms with Gasteiger partial charge in [0.15, 0.2) is 5.96 Å². The van der Waals surface area contributed by atoms with Gasteiger partial charge in [0.25, 0.3) is 0 Å². The highest BCUT2D eigenvalue weighted by molar-refractivity contribution is 14.0. The summed E-state index contributed by atoms with van der Waals surface area (Å²) in [5, 5.41) is 6.68. The minimum absolute atomic E-state index is 0. The van der Waals surface area contributed by atoms with Gasteiger partial charge >= 0.3 is 0 Å². The smallest absolute Gasteiger partial charge is 0.191 e. The molecule has 0 unspecified atom stereocenters. The molecule has 0 fully saturated rings. The second-order valence-electron chi connectivity index (χ2n) is 4.65. The molecule has 17 heavy (non-hydrogen) atoms. The summed E-state index contributed by atoms with van der Waals surface area (Å²) in [6, 6.07) is 0. The van der Waals surface area contributed by atoms with Gasteiger partial charge < -0.3 is 10.6 Å². The summed E-state index contributed by atoms with van der Waals surface area (Å²) < 4.78 is 0. The Morgan fingerprint density at radius 1 is 1.24 bits per heavy atom. The summed E-state index contributed by atoms with van der Waals surface area (Å²) in [6.07, 6.45) is 11.6. The first kappa shape index (κ1) is 14.8. The van der Waals surface area contributed by atoms with Gasteiger partial charge in [0.1, 0.15) is 0 Å². The van der Waals surface area contributed by atoms with Crippen LogP contribution >= 0.6 is 24.0 Å². The van der Waals surface area contributed by atoms with E-state index in [0.717, 1.165) is 32.0 Å². The van der Waals surface area contributed by atoms with Crippen molar-refractivity contribution < 1.29 is 0 Å². The van der Waals surface area contributed by atoms with E-state index in [0.29, 0.717) is 0 Å². The molecule has 2 rings (SSSR count). The van der Waals surface area contributed by atoms with Crippen molar-refractivity contribution in [2.45, 2.75) is 44.9 Å². The summed E-state index contributed by atoms with van der Waals surface area (Å²) in [6.45, 7) is 3.06. The second-order valence-corrected chi connectivity index (χ2v) is 4.65. The Morgan fingerprint density at radius 2 is 2.18 bits per heavy atom. The van der Waals surface area contributed by atoms with Crippen molar-refractivity contribution in [1.82, 2.24) is 10.6 Å². The maximum Gasteiger partial charge on any atom is 0.191 e. The van der Waals surface area contributed by atoms with Crippen LogP contribution in [-0.2, 0) is 0 Å². The Balaban J connectivity index is 0.00000144. The Morgan fingerprint density at radius 3 is 3.00 bits per heavy atom. The summed E-state index contributed by atoms with van der Waals surface area (Å²) in [4.78, 5) is 4.41. The minimum atomic E-state index is 0. The van der Waals surface area contributed by atoms with Crippen LogP contribution in [0.15, 0.2) is 16.6 Å². The van der Waals surface area contributed by atoms with Gasteiger partial charge in [-0.2, -0.15) is 0 Å². The van der Waals surface area contributed by atoms with Crippen LogP contribution in [-0.4, -0.2) is 25.6 Å². The fraction of sp³-hybridized carbons (Fsp3) is 0.769. The molecular weight excluding hydrogens is 325 g/mol. The van der Waals surface area contributed by atoms with Crippen LogP contribution in [0.5, 0.6) is 0 Å². The van der Waals surface area contributed by atoms with Crippen LogP contribution < -0.4 is 10.6 Å². The maximum absolute atomic E-state index is 4.41. The lowest BCUT2D eigenvalue weighted by molar-refractivity contribution is 0.682. The van der Waals surface area contributed by atoms with Crippen molar-refractivity contribution in [2.75, 3.05) is 19.6 Å². The molecule has 0 aromatic rings. The first-order valence-corrected chi connectivity index (χ1v) is 6.65. The molecule has 0 aromatic heterocycles. The lowest BCUT2D eigenvalue weighted by Gasteiger charge is -2.16. The molecule has 0 amide bonds. The van der Waals surface area contributed by atoms with Crippen molar-refractivity contribution in [1.29, 1.82) is 0 Å². The molecule has 1 aliphatic carbocycles. The molecule has 0 saturated carbocycles. The highest BCUT2D eigenvalue weighted by Gasteiger charge is 2.05. The first-order chi connectivity index (χ1) is 7.95. The third-order valence-electron chi connectivity index (χ3n) is 3.27. The van der Waals surface area contributed by atoms with E-state index in [1.807, 2.05) is 0 Å². The molecule has 0 aromatic carbocycles. The zero-order chi connectivity index (χ0) is 11.1. The van der Waals surface area contributed by atoms with Gasteiger partial charge in [-0.25, -0.2) is 0 Å². The lowest BCUT2D eigenvalue weighted by atomic mass is 10.1. The molecule has 2 N–H and O–H groups in total. The van der Waals surface area contributed by atoms with Crippen molar-refractivity contribution in [2.24, 2.45) is 4.99 Å². The zero-order valence-electron chi connectivity index (χ0n) is 10.5. The van der Waals surface area contributed by atoms with E-state index in [2.05, 4.69) is 21.7 Å². The molecule has 4 heteroatoms. The lowest BCUT2D eigenvalue weighted by Crippen LogP contribution is -2.41. The molecule has 1 heterocycles. The van der Waals surface area contributed by atoms with Gasteiger partial charge in [-0.15, -0.1) is 24.0 Å². The molecular formula is C13H24IN3. The Bertz CT molecular complexity index is 274. The van der Waals surface area contributed by atoms with E-state index in [4.69, 9.17) is 0 Å². The molecule has 0 spiro atoms. The van der Waals surface area contributed by atoms with Crippen molar-refractivity contribution in [3.05, 3.63) is 11.6 Å². The second kappa shape index (κ2) is 8.78. The summed E-state index contributed by atoms with van der Waals surface area (Å²) in [5.41, 5.74) is 1.64. The standard InChI is InChI=1S/C13H23N3.HI/c1-2-4-7-12(6-3-1)8-11-16-13-14-9-5-10-15-13;/h6H,1-5,7-11H2,(H2,14,15,16);1H. The third-order valence-corrected chi connectivity index (χ3v) is 3.27. The fourth-order valence-corrected chi connectivity index (χ4v) is 2.30. The van der Waals surface area contributed by atoms with E-state index in [1.54, 1.807) is 5.57 Å². The van der Waals surface area contributed by atoms with Crippen molar-refractivity contribution in [3.63, 3.8) is 0 Å². The number of nitrogens with zero attached hydrogens (tertiary/aromatic N) is 1. The van der Waals surface area contributed by atoms with Crippen LogP contribution in [0.3, 0.4) is 0 Å². The predicted octanol–water partition coefficient (Wildman–Crippen LogP) is 2.82. The number of aliphatic imine (C=N–C) groups is 1. The molecule has 0 atom stereocenters. The number of allylic oxidation sites excluding steroid dienone is 1. The number of guanidine groups is 1. The normalized spacial score (nSPS) is 20.2. The van der Waals surface area contributed by atoms with E-state index < -0.39 is 0 Å². The van der Waals surface area contributed by atoms with Gasteiger partial charge in [0, 0.05) is 19.6 Å². The highest BCUT2D eigenvalue weighted by Crippen LogP contribution is 2.18. The predicted molar refractivity (Wildman–Crippen MR) is 84.1 cm³/mol. The Hall–Kier alpha value is -0.260. The van der Waals surface area contributed by atoms with Gasteiger partial charge in [-0.05, 0) is 38.5 Å². The largest absolute Gasteiger partial charge is 0.356 e. The van der Waals surface area contributed by atoms with E-state index in [-0.39, 0.29) is 24.0 Å². The topological polar surface area (TPSA) is 36.4 Å². The highest BCUT2D eigenvalue weighted by atomic mass is 127. The average Bonchev–Trinajstić information content (AvgIpc) is 2.59. The first-order valence-electron chi connectivity index (χ1n) is 6.65. The Kier molecular flexibility index (Phi) is 7.64. The molecule has 0 bridgehead atoms. The molecule has 1 aliphatic heterocycles. The summed E-state index contributed by atoms with van der Waals surface area (Å²) in [5.74, 6) is 1.00. The molecule has 0 radical (unpaired) electrons. The zero-order valence-corrected chi connectivity index (χ0v) is 12.8. The number of hydrogen-bond acceptors (Lipinski definition) is 3. The number of rotatable bonds is 3. The van der Waals surface area contributed by atoms with Crippen molar-refractivity contribution in [3.8, 4) is 0 Å². The van der Waals surface area contributed by atoms with Gasteiger partial charge in [-0.1, -0.05) is 18.1 Å². The molecule has 3 nitrogen and oxygen atoms in total. The summed E-state index contributed by atoms with van der Waals surface area (Å²) in [7, 11) is 0. The number of nitrogens with one attached hydrogen (secondary N) is 2. The van der Waals surface area contributed by atoms with Gasteiger partial charge in [0.05, 0.1) is 0 Å². The van der Waals surface area contributed by atoms with Crippen LogP contribution in [0.4, 0.5) is 0 Å². The van der Waals surface area contributed by atoms with Crippen LogP contribution in [0, 0.1) is 0 Å². The van der Waals surface area contributed by atoms with Crippen molar-refractivity contribution >= 4 is 29.9 Å². The minimum Gasteiger partial charge on any atom is -0.356 e. The Labute approximate surface area is 122 Å². The maximum atomic E-state index is 4.41. The third kappa shape index (κ3) is 5.75. The number of halogens is 1. The number of hydrogen-bond donors (Lipinski definition) is 2. The molecule has 98 valence electrons. The monoisotopic (exact) mass is 349 g/mol. The quantitative estimate of drug-likeness (QED) is 0.607. The molecule has 0 saturated heterocycles. The van der Waals surface area contributed by atoms with Crippen LogP contribution in [0.25, 0.3) is 0 Å². The average molecular weight is 349 g/mol. The molecule has 2 aliphatic rings. The SMILES string of the molecule is C1=C(CCNC2=NCCCN2)CCCCC1.I. The van der Waals surface area contributed by atoms with E-state index in [1.165, 1.54) is 38.5 Å². The van der Waals surface area contributed by atoms with Gasteiger partial charge in [0.2, 0.25) is 0 Å². The van der Waals surface area contributed by atoms with Crippen LogP contribution in [0.2, 0.25) is 0 Å². The fourth-order valence-electron chi connectivity index (χ4n) is 2.30. The van der Waals surface area contributed by atoms with Gasteiger partial charge in [-0.3, -0.25) is 4.99 Å². The van der Waals surface area contributed by atoms with E-state index in [9.17, 15) is 0 Å². The summed E-state index contributed by atoms with van der Waals surface area (Å²) >= 11 is 0. The van der Waals surface area contributed by atoms with E-state index >= 15 is 0 Å².